The average molecular weight is 529 g/mol. The highest BCUT2D eigenvalue weighted by molar-refractivity contribution is 5.94. The molecule has 0 radical (unpaired) electrons. The lowest BCUT2D eigenvalue weighted by atomic mass is 9.97. The lowest BCUT2D eigenvalue weighted by Gasteiger charge is -2.27. The monoisotopic (exact) mass is 528 g/mol. The van der Waals surface area contributed by atoms with Crippen LogP contribution in [-0.2, 0) is 32.0 Å². The van der Waals surface area contributed by atoms with Crippen LogP contribution in [0.15, 0.2) is 48.5 Å². The van der Waals surface area contributed by atoms with Crippen LogP contribution in [0.4, 0.5) is 0 Å². The molecule has 0 saturated heterocycles. The summed E-state index contributed by atoms with van der Waals surface area (Å²) in [5, 5.41) is 36.0. The van der Waals surface area contributed by atoms with Crippen LogP contribution in [0.2, 0.25) is 0 Å². The molecular formula is C27H36N4O7. The fraction of sp³-hybridized carbons (Fsp3) is 0.407. The summed E-state index contributed by atoms with van der Waals surface area (Å²) in [5.41, 5.74) is 7.37. The maximum atomic E-state index is 13.0. The highest BCUT2D eigenvalue weighted by atomic mass is 16.4. The zero-order valence-electron chi connectivity index (χ0n) is 21.7. The van der Waals surface area contributed by atoms with Crippen molar-refractivity contribution < 1.29 is 34.5 Å². The third kappa shape index (κ3) is 9.07. The van der Waals surface area contributed by atoms with Gasteiger partial charge in [-0.2, -0.15) is 0 Å². The molecule has 0 spiro atoms. The van der Waals surface area contributed by atoms with Gasteiger partial charge in [0.15, 0.2) is 0 Å². The van der Waals surface area contributed by atoms with Crippen molar-refractivity contribution in [3.63, 3.8) is 0 Å². The molecule has 38 heavy (non-hydrogen) atoms. The lowest BCUT2D eigenvalue weighted by molar-refractivity contribution is -0.142. The third-order valence-corrected chi connectivity index (χ3v) is 6.26. The number of rotatable bonds is 13. The molecule has 0 heterocycles. The van der Waals surface area contributed by atoms with Crippen molar-refractivity contribution in [1.29, 1.82) is 0 Å². The first-order chi connectivity index (χ1) is 17.9. The van der Waals surface area contributed by atoms with Crippen molar-refractivity contribution in [3.8, 4) is 11.5 Å². The molecule has 11 nitrogen and oxygen atoms in total. The quantitative estimate of drug-likeness (QED) is 0.199. The van der Waals surface area contributed by atoms with E-state index in [1.54, 1.807) is 31.2 Å². The zero-order chi connectivity index (χ0) is 28.4. The van der Waals surface area contributed by atoms with E-state index in [1.807, 2.05) is 6.92 Å². The van der Waals surface area contributed by atoms with Gasteiger partial charge < -0.3 is 37.0 Å². The first-order valence-electron chi connectivity index (χ1n) is 12.4. The number of phenolic OH excluding ortho intramolecular Hbond substituents is 2. The molecule has 0 fully saturated rings. The molecule has 8 N–H and O–H groups in total. The summed E-state index contributed by atoms with van der Waals surface area (Å²) in [6.45, 7) is 5.04. The van der Waals surface area contributed by atoms with Gasteiger partial charge in [-0.3, -0.25) is 14.4 Å². The number of aliphatic carboxylic acids is 1. The van der Waals surface area contributed by atoms with Crippen LogP contribution in [0.3, 0.4) is 0 Å². The molecule has 5 unspecified atom stereocenters. The molecule has 2 rings (SSSR count). The highest BCUT2D eigenvalue weighted by Crippen LogP contribution is 2.13. The second-order valence-electron chi connectivity index (χ2n) is 9.35. The van der Waals surface area contributed by atoms with Crippen LogP contribution in [0.25, 0.3) is 0 Å². The molecule has 0 aliphatic carbocycles. The summed E-state index contributed by atoms with van der Waals surface area (Å²) in [5.74, 6) is -3.26. The van der Waals surface area contributed by atoms with Crippen LogP contribution in [0.5, 0.6) is 11.5 Å². The van der Waals surface area contributed by atoms with E-state index in [2.05, 4.69) is 16.0 Å². The number of carboxylic acid groups (broad SMARTS) is 1. The Morgan fingerprint density at radius 3 is 1.74 bits per heavy atom. The van der Waals surface area contributed by atoms with E-state index in [0.717, 1.165) is 5.56 Å². The maximum Gasteiger partial charge on any atom is 0.326 e. The number of carbonyl (C=O) groups is 4. The van der Waals surface area contributed by atoms with Gasteiger partial charge in [-0.25, -0.2) is 4.79 Å². The van der Waals surface area contributed by atoms with Gasteiger partial charge in [0.05, 0.1) is 6.04 Å². The van der Waals surface area contributed by atoms with Crippen molar-refractivity contribution in [3.05, 3.63) is 59.7 Å². The Morgan fingerprint density at radius 1 is 0.763 bits per heavy atom. The van der Waals surface area contributed by atoms with Crippen molar-refractivity contribution >= 4 is 23.7 Å². The molecule has 206 valence electrons. The first kappa shape index (κ1) is 30.1. The molecule has 0 aliphatic heterocycles. The second-order valence-corrected chi connectivity index (χ2v) is 9.35. The molecular weight excluding hydrogens is 492 g/mol. The summed E-state index contributed by atoms with van der Waals surface area (Å²) in [7, 11) is 0. The molecule has 0 aliphatic rings. The standard InChI is InChI=1S/C27H36N4O7/c1-4-15(2)23(31-25(35)21(28)13-17-5-9-19(32)10-6-17)26(36)29-16(3)24(34)30-22(27(37)38)14-18-7-11-20(33)12-8-18/h5-12,15-16,21-23,32-33H,4,13-14,28H2,1-3H3,(H,29,36)(H,30,34)(H,31,35)(H,37,38). The van der Waals surface area contributed by atoms with Gasteiger partial charge in [0.1, 0.15) is 29.6 Å². The number of nitrogens with two attached hydrogens (primary N) is 1. The van der Waals surface area contributed by atoms with E-state index in [9.17, 15) is 34.5 Å². The van der Waals surface area contributed by atoms with E-state index >= 15 is 0 Å². The van der Waals surface area contributed by atoms with Gasteiger partial charge in [-0.15, -0.1) is 0 Å². The predicted octanol–water partition coefficient (Wildman–Crippen LogP) is 0.815. The Kier molecular flexibility index (Phi) is 11.1. The minimum Gasteiger partial charge on any atom is -0.508 e. The minimum absolute atomic E-state index is 0.0213. The summed E-state index contributed by atoms with van der Waals surface area (Å²) >= 11 is 0. The van der Waals surface area contributed by atoms with E-state index in [0.29, 0.717) is 12.0 Å². The summed E-state index contributed by atoms with van der Waals surface area (Å²) < 4.78 is 0. The van der Waals surface area contributed by atoms with Crippen molar-refractivity contribution in [2.45, 2.75) is 64.2 Å². The number of hydrogen-bond donors (Lipinski definition) is 7. The van der Waals surface area contributed by atoms with Crippen LogP contribution in [0, 0.1) is 5.92 Å². The molecule has 5 atom stereocenters. The van der Waals surface area contributed by atoms with Crippen molar-refractivity contribution in [2.24, 2.45) is 11.7 Å². The van der Waals surface area contributed by atoms with E-state index in [1.165, 1.54) is 31.2 Å². The molecule has 0 bridgehead atoms. The van der Waals surface area contributed by atoms with Gasteiger partial charge in [-0.1, -0.05) is 44.5 Å². The summed E-state index contributed by atoms with van der Waals surface area (Å²) in [6.07, 6.45) is 0.726. The van der Waals surface area contributed by atoms with E-state index < -0.39 is 47.9 Å². The Balaban J connectivity index is 2.00. The fourth-order valence-corrected chi connectivity index (χ4v) is 3.67. The van der Waals surface area contributed by atoms with Crippen molar-refractivity contribution in [1.82, 2.24) is 16.0 Å². The number of carboxylic acids is 1. The second kappa shape index (κ2) is 14.0. The van der Waals surface area contributed by atoms with Crippen LogP contribution in [0.1, 0.15) is 38.3 Å². The number of aromatic hydroxyl groups is 2. The van der Waals surface area contributed by atoms with Crippen LogP contribution in [-0.4, -0.2) is 63.2 Å². The Labute approximate surface area is 221 Å². The number of nitrogens with one attached hydrogen (secondary N) is 3. The largest absolute Gasteiger partial charge is 0.508 e. The van der Waals surface area contributed by atoms with Crippen LogP contribution >= 0.6 is 0 Å². The van der Waals surface area contributed by atoms with Crippen LogP contribution < -0.4 is 21.7 Å². The number of amides is 3. The van der Waals surface area contributed by atoms with E-state index in [-0.39, 0.29) is 30.3 Å². The van der Waals surface area contributed by atoms with E-state index in [4.69, 9.17) is 5.73 Å². The maximum absolute atomic E-state index is 13.0. The minimum atomic E-state index is -1.26. The Hall–Kier alpha value is -4.12. The Morgan fingerprint density at radius 2 is 1.26 bits per heavy atom. The SMILES string of the molecule is CCC(C)C(NC(=O)C(N)Cc1ccc(O)cc1)C(=O)NC(C)C(=O)NC(Cc1ccc(O)cc1)C(=O)O. The normalized spacial score (nSPS) is 14.8. The fourth-order valence-electron chi connectivity index (χ4n) is 3.67. The highest BCUT2D eigenvalue weighted by Gasteiger charge is 2.31. The number of hydrogen-bond acceptors (Lipinski definition) is 7. The molecule has 0 saturated carbocycles. The molecule has 2 aromatic carbocycles. The smallest absolute Gasteiger partial charge is 0.326 e. The average Bonchev–Trinajstić information content (AvgIpc) is 2.88. The molecule has 11 heteroatoms. The molecule has 3 amide bonds. The van der Waals surface area contributed by atoms with Gasteiger partial charge in [0, 0.05) is 6.42 Å². The zero-order valence-corrected chi connectivity index (χ0v) is 21.7. The lowest BCUT2D eigenvalue weighted by Crippen LogP contribution is -2.58. The summed E-state index contributed by atoms with van der Waals surface area (Å²) in [4.78, 5) is 50.2. The Bertz CT molecular complexity index is 1110. The topological polar surface area (TPSA) is 191 Å². The van der Waals surface area contributed by atoms with Gasteiger partial charge in [0.25, 0.3) is 0 Å². The van der Waals surface area contributed by atoms with Gasteiger partial charge >= 0.3 is 5.97 Å². The first-order valence-corrected chi connectivity index (χ1v) is 12.4. The predicted molar refractivity (Wildman–Crippen MR) is 140 cm³/mol. The molecule has 2 aromatic rings. The number of carbonyl (C=O) groups excluding carboxylic acids is 3. The number of benzene rings is 2. The van der Waals surface area contributed by atoms with Crippen molar-refractivity contribution in [2.75, 3.05) is 0 Å². The summed E-state index contributed by atoms with van der Waals surface area (Å²) in [6, 6.07) is 7.94. The van der Waals surface area contributed by atoms with Gasteiger partial charge in [0.2, 0.25) is 17.7 Å². The molecule has 0 aromatic heterocycles. The van der Waals surface area contributed by atoms with Gasteiger partial charge in [-0.05, 0) is 54.7 Å². The number of phenols is 2. The third-order valence-electron chi connectivity index (χ3n) is 6.26.